The molecular formula is C33H42BrN3O7. The minimum Gasteiger partial charge on any atom is -0.455 e. The number of aliphatic hydroxyl groups excluding tert-OH is 1. The summed E-state index contributed by atoms with van der Waals surface area (Å²) in [5.41, 5.74) is -0.740. The molecule has 1 aromatic carbocycles. The van der Waals surface area contributed by atoms with Crippen molar-refractivity contribution < 1.29 is 33.8 Å². The second-order valence-electron chi connectivity index (χ2n) is 12.8. The molecule has 2 fully saturated rings. The maximum Gasteiger partial charge on any atom is 0.313 e. The summed E-state index contributed by atoms with van der Waals surface area (Å²) in [6, 6.07) is 6.59. The van der Waals surface area contributed by atoms with Crippen molar-refractivity contribution in [2.75, 3.05) is 13.2 Å². The zero-order valence-corrected chi connectivity index (χ0v) is 27.4. The number of benzene rings is 1. The molecule has 0 aliphatic carbocycles. The number of aliphatic hydroxyl groups is 1. The van der Waals surface area contributed by atoms with Crippen molar-refractivity contribution in [2.24, 2.45) is 17.8 Å². The van der Waals surface area contributed by atoms with Gasteiger partial charge in [-0.15, -0.1) is 0 Å². The fraction of sp³-hybridized carbons (Fsp3) is 0.576. The number of fused-ring (bicyclic) bond motifs is 2. The summed E-state index contributed by atoms with van der Waals surface area (Å²) >= 11 is 3.58. The van der Waals surface area contributed by atoms with E-state index in [1.807, 2.05) is 70.2 Å². The predicted octanol–water partition coefficient (Wildman–Crippen LogP) is 3.25. The molecule has 4 heterocycles. The lowest BCUT2D eigenvalue weighted by Crippen LogP contribution is -2.60. The Morgan fingerprint density at radius 1 is 1.05 bits per heavy atom. The Balaban J connectivity index is 1.65. The molecule has 4 aliphatic rings. The van der Waals surface area contributed by atoms with E-state index in [9.17, 15) is 24.3 Å². The summed E-state index contributed by atoms with van der Waals surface area (Å²) in [5, 5.41) is 13.5. The van der Waals surface area contributed by atoms with Crippen LogP contribution in [0.25, 0.3) is 0 Å². The summed E-state index contributed by atoms with van der Waals surface area (Å²) in [6.45, 7) is 9.26. The van der Waals surface area contributed by atoms with Crippen LogP contribution in [0.1, 0.15) is 59.1 Å². The highest BCUT2D eigenvalue weighted by Crippen LogP contribution is 2.59. The average molecular weight is 673 g/mol. The number of hydrogen-bond acceptors (Lipinski definition) is 7. The number of nitrogens with one attached hydrogen (secondary N) is 1. The van der Waals surface area contributed by atoms with Gasteiger partial charge in [0.2, 0.25) is 17.7 Å². The van der Waals surface area contributed by atoms with Gasteiger partial charge in [0.25, 0.3) is 0 Å². The molecule has 5 bridgehead atoms. The van der Waals surface area contributed by atoms with Gasteiger partial charge in [-0.1, -0.05) is 72.3 Å². The van der Waals surface area contributed by atoms with Crippen LogP contribution in [0.4, 0.5) is 0 Å². The van der Waals surface area contributed by atoms with Gasteiger partial charge in [-0.2, -0.15) is 0 Å². The molecule has 8 atom stereocenters. The number of nitrogens with zero attached hydrogens (tertiary/aromatic N) is 2. The smallest absolute Gasteiger partial charge is 0.313 e. The number of halogens is 1. The third-order valence-corrected chi connectivity index (χ3v) is 9.99. The van der Waals surface area contributed by atoms with E-state index in [0.717, 1.165) is 0 Å². The maximum absolute atomic E-state index is 14.6. The first kappa shape index (κ1) is 32.4. The van der Waals surface area contributed by atoms with Gasteiger partial charge in [-0.05, 0) is 44.7 Å². The molecule has 11 heteroatoms. The number of rotatable bonds is 5. The van der Waals surface area contributed by atoms with Gasteiger partial charge in [0.1, 0.15) is 29.8 Å². The monoisotopic (exact) mass is 671 g/mol. The average Bonchev–Trinajstić information content (AvgIpc) is 3.56. The number of likely N-dealkylation sites (tertiary alicyclic amines) is 1. The normalized spacial score (nSPS) is 34.2. The molecule has 0 unspecified atom stereocenters. The largest absolute Gasteiger partial charge is 0.455 e. The van der Waals surface area contributed by atoms with Crippen molar-refractivity contribution in [1.29, 1.82) is 0 Å². The molecule has 4 aliphatic heterocycles. The Morgan fingerprint density at radius 3 is 2.39 bits per heavy atom. The van der Waals surface area contributed by atoms with Crippen molar-refractivity contribution in [3.8, 4) is 0 Å². The molecule has 5 rings (SSSR count). The molecule has 10 nitrogen and oxygen atoms in total. The van der Waals surface area contributed by atoms with Gasteiger partial charge in [-0.25, -0.2) is 0 Å². The number of carbonyl (C=O) groups is 4. The first-order valence-electron chi connectivity index (χ1n) is 15.4. The number of allylic oxidation sites excluding steroid dienone is 1. The fourth-order valence-electron chi connectivity index (χ4n) is 7.12. The maximum atomic E-state index is 14.6. The quantitative estimate of drug-likeness (QED) is 0.364. The van der Waals surface area contributed by atoms with Crippen LogP contribution in [0.5, 0.6) is 0 Å². The number of cyclic esters (lactones) is 1. The molecule has 1 aromatic rings. The van der Waals surface area contributed by atoms with E-state index in [1.54, 1.807) is 17.9 Å². The molecule has 2 saturated heterocycles. The summed E-state index contributed by atoms with van der Waals surface area (Å²) in [6.07, 6.45) is 4.51. The lowest BCUT2D eigenvalue weighted by Gasteiger charge is -2.40. The van der Waals surface area contributed by atoms with Gasteiger partial charge >= 0.3 is 5.97 Å². The molecule has 44 heavy (non-hydrogen) atoms. The highest BCUT2D eigenvalue weighted by Gasteiger charge is 2.75. The second-order valence-corrected chi connectivity index (χ2v) is 13.7. The summed E-state index contributed by atoms with van der Waals surface area (Å²) < 4.78 is 13.3. The molecular weight excluding hydrogens is 630 g/mol. The van der Waals surface area contributed by atoms with Crippen LogP contribution in [0, 0.1) is 17.8 Å². The number of ether oxygens (including phenoxy) is 2. The van der Waals surface area contributed by atoms with Crippen LogP contribution < -0.4 is 5.32 Å². The fourth-order valence-corrected chi connectivity index (χ4v) is 7.86. The molecule has 0 radical (unpaired) electrons. The lowest BCUT2D eigenvalue weighted by molar-refractivity contribution is -0.162. The minimum atomic E-state index is -1.43. The third kappa shape index (κ3) is 5.51. The molecule has 2 N–H and O–H groups in total. The van der Waals surface area contributed by atoms with Crippen LogP contribution in [-0.4, -0.2) is 87.6 Å². The SMILES string of the molecule is CC(C)[C@H](CO)N1C(=O)[C@@H]2[C@H]3C(=O)O[C@@H](c4ccccc4)[C@H](C)NC(=O)CC/C=C\CN(C(C)C)C(=O)[C@@H]1[C@]21C=C(Br)[C@H]3O1. The van der Waals surface area contributed by atoms with Crippen molar-refractivity contribution in [3.05, 3.63) is 58.6 Å². The van der Waals surface area contributed by atoms with Crippen LogP contribution >= 0.6 is 15.9 Å². The van der Waals surface area contributed by atoms with Gasteiger partial charge in [0.15, 0.2) is 0 Å². The van der Waals surface area contributed by atoms with E-state index in [2.05, 4.69) is 21.2 Å². The predicted molar refractivity (Wildman–Crippen MR) is 166 cm³/mol. The Morgan fingerprint density at radius 2 is 1.75 bits per heavy atom. The van der Waals surface area contributed by atoms with E-state index >= 15 is 0 Å². The van der Waals surface area contributed by atoms with Gasteiger partial charge < -0.3 is 29.7 Å². The van der Waals surface area contributed by atoms with E-state index in [-0.39, 0.29) is 43.3 Å². The summed E-state index contributed by atoms with van der Waals surface area (Å²) in [4.78, 5) is 59.4. The second kappa shape index (κ2) is 12.8. The van der Waals surface area contributed by atoms with Crippen molar-refractivity contribution >= 4 is 39.6 Å². The van der Waals surface area contributed by atoms with E-state index in [0.29, 0.717) is 16.5 Å². The third-order valence-electron chi connectivity index (χ3n) is 9.31. The molecule has 238 valence electrons. The Bertz CT molecular complexity index is 1350. The molecule has 0 saturated carbocycles. The number of amides is 3. The first-order valence-corrected chi connectivity index (χ1v) is 16.2. The highest BCUT2D eigenvalue weighted by molar-refractivity contribution is 9.11. The van der Waals surface area contributed by atoms with Crippen molar-refractivity contribution in [3.63, 3.8) is 0 Å². The first-order chi connectivity index (χ1) is 20.9. The number of hydrogen-bond donors (Lipinski definition) is 2. The lowest BCUT2D eigenvalue weighted by atomic mass is 9.74. The molecule has 1 spiro atoms. The van der Waals surface area contributed by atoms with Crippen LogP contribution in [0.3, 0.4) is 0 Å². The number of esters is 1. The van der Waals surface area contributed by atoms with Crippen LogP contribution in [-0.2, 0) is 28.7 Å². The van der Waals surface area contributed by atoms with Crippen molar-refractivity contribution in [2.45, 2.75) is 89.4 Å². The highest BCUT2D eigenvalue weighted by atomic mass is 79.9. The van der Waals surface area contributed by atoms with Gasteiger partial charge in [0, 0.05) is 23.5 Å². The van der Waals surface area contributed by atoms with E-state index in [4.69, 9.17) is 9.47 Å². The Kier molecular flexibility index (Phi) is 9.39. The van der Waals surface area contributed by atoms with E-state index < -0.39 is 59.6 Å². The Hall–Kier alpha value is -3.02. The zero-order valence-electron chi connectivity index (χ0n) is 25.8. The summed E-state index contributed by atoms with van der Waals surface area (Å²) in [5.74, 6) is -3.86. The van der Waals surface area contributed by atoms with E-state index in [1.165, 1.54) is 4.90 Å². The Labute approximate surface area is 266 Å². The zero-order chi connectivity index (χ0) is 31.9. The van der Waals surface area contributed by atoms with Crippen LogP contribution in [0.2, 0.25) is 0 Å². The van der Waals surface area contributed by atoms with Crippen LogP contribution in [0.15, 0.2) is 53.0 Å². The molecule has 0 aromatic heterocycles. The standard InChI is InChI=1S/C33H42BrN3O7/c1-18(2)23(17-38)37-29-31(41)36(19(3)4)15-11-7-10-14-24(39)35-20(5)27(21-12-8-6-9-13-21)43-32(42)25-26(30(37)40)33(29)16-22(34)28(25)44-33/h6-9,11-13,16,18-20,23,25-29,38H,10,14-15,17H2,1-5H3,(H,35,39)/b11-7-/t20-,23-,25+,26-,27+,28+,29+,33-/m0/s1. The summed E-state index contributed by atoms with van der Waals surface area (Å²) in [7, 11) is 0. The van der Waals surface area contributed by atoms with Gasteiger partial charge in [-0.3, -0.25) is 19.2 Å². The number of carbonyl (C=O) groups excluding carboxylic acids is 4. The minimum absolute atomic E-state index is 0.179. The topological polar surface area (TPSA) is 125 Å². The van der Waals surface area contributed by atoms with Crippen molar-refractivity contribution in [1.82, 2.24) is 15.1 Å². The van der Waals surface area contributed by atoms with Gasteiger partial charge in [0.05, 0.1) is 24.6 Å². The molecule has 3 amide bonds.